The number of carbonyl (C=O) groups excluding carboxylic acids is 1. The second-order valence-electron chi connectivity index (χ2n) is 9.23. The lowest BCUT2D eigenvalue weighted by molar-refractivity contribution is -0.143. The Balaban J connectivity index is 1.50. The summed E-state index contributed by atoms with van der Waals surface area (Å²) in [6.07, 6.45) is 0.961. The fraction of sp³-hybridized carbons (Fsp3) is 0.242. The van der Waals surface area contributed by atoms with E-state index in [0.717, 1.165) is 33.8 Å². The first-order valence-electron chi connectivity index (χ1n) is 12.8. The van der Waals surface area contributed by atoms with E-state index in [1.54, 1.807) is 0 Å². The molecule has 0 aromatic heterocycles. The Morgan fingerprint density at radius 3 is 1.49 bits per heavy atom. The zero-order valence-corrected chi connectivity index (χ0v) is 21.6. The number of rotatable bonds is 12. The maximum atomic E-state index is 12.2. The first-order valence-corrected chi connectivity index (χ1v) is 12.8. The molecule has 0 unspecified atom stereocenters. The summed E-state index contributed by atoms with van der Waals surface area (Å²) in [6, 6.07) is 36.6. The third-order valence-corrected chi connectivity index (χ3v) is 6.61. The Labute approximate surface area is 219 Å². The van der Waals surface area contributed by atoms with E-state index in [1.807, 2.05) is 91.9 Å². The SMILES string of the molecule is CCOC(=O)CCC(C)(c1ccc(OCc2ccccc2)cc1)c1ccc(OCc2ccccc2)cc1. The van der Waals surface area contributed by atoms with E-state index < -0.39 is 0 Å². The van der Waals surface area contributed by atoms with Crippen molar-refractivity contribution in [2.24, 2.45) is 0 Å². The summed E-state index contributed by atoms with van der Waals surface area (Å²) in [7, 11) is 0. The van der Waals surface area contributed by atoms with Gasteiger partial charge in [-0.1, -0.05) is 91.9 Å². The Morgan fingerprint density at radius 2 is 1.08 bits per heavy atom. The molecule has 0 saturated carbocycles. The van der Waals surface area contributed by atoms with Crippen LogP contribution in [0.15, 0.2) is 109 Å². The highest BCUT2D eigenvalue weighted by Crippen LogP contribution is 2.38. The number of carbonyl (C=O) groups is 1. The predicted molar refractivity (Wildman–Crippen MR) is 147 cm³/mol. The molecule has 4 heteroatoms. The highest BCUT2D eigenvalue weighted by Gasteiger charge is 2.30. The van der Waals surface area contributed by atoms with Gasteiger partial charge in [0.15, 0.2) is 0 Å². The minimum Gasteiger partial charge on any atom is -0.489 e. The molecule has 0 atom stereocenters. The zero-order valence-electron chi connectivity index (χ0n) is 21.6. The van der Waals surface area contributed by atoms with Crippen molar-refractivity contribution >= 4 is 5.97 Å². The van der Waals surface area contributed by atoms with Crippen LogP contribution in [0.3, 0.4) is 0 Å². The van der Waals surface area contributed by atoms with E-state index in [2.05, 4.69) is 31.2 Å². The fourth-order valence-electron chi connectivity index (χ4n) is 4.36. The van der Waals surface area contributed by atoms with Crippen LogP contribution in [-0.2, 0) is 28.2 Å². The predicted octanol–water partition coefficient (Wildman–Crippen LogP) is 7.49. The number of ether oxygens (including phenoxy) is 3. The van der Waals surface area contributed by atoms with Crippen molar-refractivity contribution in [1.29, 1.82) is 0 Å². The molecule has 4 nitrogen and oxygen atoms in total. The van der Waals surface area contributed by atoms with Gasteiger partial charge in [-0.2, -0.15) is 0 Å². The Kier molecular flexibility index (Phi) is 8.98. The summed E-state index contributed by atoms with van der Waals surface area (Å²) < 4.78 is 17.2. The normalized spacial score (nSPS) is 11.1. The fourth-order valence-corrected chi connectivity index (χ4v) is 4.36. The van der Waals surface area contributed by atoms with Gasteiger partial charge in [0.25, 0.3) is 0 Å². The number of hydrogen-bond donors (Lipinski definition) is 0. The van der Waals surface area contributed by atoms with Gasteiger partial charge in [-0.25, -0.2) is 0 Å². The average molecular weight is 495 g/mol. The van der Waals surface area contributed by atoms with Crippen LogP contribution in [-0.4, -0.2) is 12.6 Å². The molecule has 0 bridgehead atoms. The topological polar surface area (TPSA) is 44.8 Å². The van der Waals surface area contributed by atoms with Crippen molar-refractivity contribution in [1.82, 2.24) is 0 Å². The molecule has 37 heavy (non-hydrogen) atoms. The van der Waals surface area contributed by atoms with Gasteiger partial charge in [0.2, 0.25) is 0 Å². The van der Waals surface area contributed by atoms with E-state index in [9.17, 15) is 4.79 Å². The second-order valence-corrected chi connectivity index (χ2v) is 9.23. The minimum atomic E-state index is -0.386. The molecule has 0 saturated heterocycles. The van der Waals surface area contributed by atoms with Gasteiger partial charge >= 0.3 is 5.97 Å². The van der Waals surface area contributed by atoms with E-state index in [-0.39, 0.29) is 11.4 Å². The van der Waals surface area contributed by atoms with Gasteiger partial charge in [0.05, 0.1) is 6.61 Å². The van der Waals surface area contributed by atoms with Crippen LogP contribution < -0.4 is 9.47 Å². The van der Waals surface area contributed by atoms with Gasteiger partial charge in [-0.15, -0.1) is 0 Å². The van der Waals surface area contributed by atoms with Gasteiger partial charge in [0.1, 0.15) is 24.7 Å². The molecule has 0 aliphatic rings. The van der Waals surface area contributed by atoms with Crippen LogP contribution in [0.1, 0.15) is 48.9 Å². The van der Waals surface area contributed by atoms with Gasteiger partial charge < -0.3 is 14.2 Å². The number of esters is 1. The van der Waals surface area contributed by atoms with Crippen LogP contribution in [0.5, 0.6) is 11.5 Å². The molecule has 190 valence electrons. The van der Waals surface area contributed by atoms with Gasteiger partial charge in [0, 0.05) is 11.8 Å². The van der Waals surface area contributed by atoms with Crippen molar-refractivity contribution in [2.75, 3.05) is 6.61 Å². The summed E-state index contributed by atoms with van der Waals surface area (Å²) in [5.41, 5.74) is 4.09. The van der Waals surface area contributed by atoms with Crippen LogP contribution >= 0.6 is 0 Å². The quantitative estimate of drug-likeness (QED) is 0.191. The maximum Gasteiger partial charge on any atom is 0.305 e. The summed E-state index contributed by atoms with van der Waals surface area (Å²) in [5.74, 6) is 1.44. The Hall–Kier alpha value is -4.05. The largest absolute Gasteiger partial charge is 0.489 e. The lowest BCUT2D eigenvalue weighted by Crippen LogP contribution is -2.25. The van der Waals surface area contributed by atoms with E-state index in [1.165, 1.54) is 0 Å². The molecule has 0 N–H and O–H groups in total. The molecule has 0 amide bonds. The monoisotopic (exact) mass is 494 g/mol. The van der Waals surface area contributed by atoms with Crippen molar-refractivity contribution in [3.63, 3.8) is 0 Å². The van der Waals surface area contributed by atoms with Crippen molar-refractivity contribution in [3.05, 3.63) is 131 Å². The molecular weight excluding hydrogens is 460 g/mol. The summed E-state index contributed by atoms with van der Waals surface area (Å²) in [6.45, 7) is 5.43. The minimum absolute atomic E-state index is 0.181. The number of hydrogen-bond acceptors (Lipinski definition) is 4. The highest BCUT2D eigenvalue weighted by molar-refractivity contribution is 5.69. The lowest BCUT2D eigenvalue weighted by Gasteiger charge is -2.31. The first kappa shape index (κ1) is 26.0. The molecule has 4 rings (SSSR count). The molecule has 4 aromatic carbocycles. The highest BCUT2D eigenvalue weighted by atomic mass is 16.5. The Morgan fingerprint density at radius 1 is 0.649 bits per heavy atom. The zero-order chi connectivity index (χ0) is 25.9. The average Bonchev–Trinajstić information content (AvgIpc) is 2.95. The van der Waals surface area contributed by atoms with E-state index in [4.69, 9.17) is 14.2 Å². The van der Waals surface area contributed by atoms with Crippen LogP contribution in [0, 0.1) is 0 Å². The molecule has 0 spiro atoms. The molecule has 0 aliphatic heterocycles. The maximum absolute atomic E-state index is 12.2. The van der Waals surface area contributed by atoms with E-state index >= 15 is 0 Å². The Bertz CT molecular complexity index is 1150. The third-order valence-electron chi connectivity index (χ3n) is 6.61. The van der Waals surface area contributed by atoms with Crippen molar-refractivity contribution in [2.45, 2.75) is 45.3 Å². The molecule has 0 fully saturated rings. The second kappa shape index (κ2) is 12.8. The standard InChI is InChI=1S/C33H34O4/c1-3-35-32(34)22-23-33(2,28-14-18-30(19-15-28)36-24-26-10-6-4-7-11-26)29-16-20-31(21-17-29)37-25-27-12-8-5-9-13-27/h4-21H,3,22-25H2,1-2H3. The molecule has 0 aliphatic carbocycles. The van der Waals surface area contributed by atoms with Crippen LogP contribution in [0.2, 0.25) is 0 Å². The van der Waals surface area contributed by atoms with Crippen LogP contribution in [0.4, 0.5) is 0 Å². The van der Waals surface area contributed by atoms with Crippen molar-refractivity contribution < 1.29 is 19.0 Å². The van der Waals surface area contributed by atoms with Crippen LogP contribution in [0.25, 0.3) is 0 Å². The molecule has 0 radical (unpaired) electrons. The van der Waals surface area contributed by atoms with Gasteiger partial charge in [-0.3, -0.25) is 4.79 Å². The third kappa shape index (κ3) is 7.23. The molecular formula is C33H34O4. The van der Waals surface area contributed by atoms with E-state index in [0.29, 0.717) is 32.7 Å². The summed E-state index contributed by atoms with van der Waals surface area (Å²) in [4.78, 5) is 12.2. The lowest BCUT2D eigenvalue weighted by atomic mass is 9.73. The smallest absolute Gasteiger partial charge is 0.305 e. The first-order chi connectivity index (χ1) is 18.1. The number of benzene rings is 4. The summed E-state index contributed by atoms with van der Waals surface area (Å²) in [5, 5.41) is 0. The molecule has 0 heterocycles. The van der Waals surface area contributed by atoms with Gasteiger partial charge in [-0.05, 0) is 59.9 Å². The van der Waals surface area contributed by atoms with Crippen molar-refractivity contribution in [3.8, 4) is 11.5 Å². The summed E-state index contributed by atoms with van der Waals surface area (Å²) >= 11 is 0. The molecule has 4 aromatic rings.